The molecule has 31 heavy (non-hydrogen) atoms. The third kappa shape index (κ3) is 5.67. The molecule has 4 rings (SSSR count). The molecule has 1 atom stereocenters. The minimum absolute atomic E-state index is 0.0543. The van der Waals surface area contributed by atoms with Crippen LogP contribution in [-0.2, 0) is 9.59 Å². The third-order valence-corrected chi connectivity index (χ3v) is 7.18. The van der Waals surface area contributed by atoms with Crippen LogP contribution in [0.2, 0.25) is 0 Å². The molecule has 1 aliphatic carbocycles. The van der Waals surface area contributed by atoms with E-state index in [9.17, 15) is 9.59 Å². The van der Waals surface area contributed by atoms with Crippen LogP contribution in [0.5, 0.6) is 0 Å². The number of amides is 2. The first kappa shape index (κ1) is 21.9. The Kier molecular flexibility index (Phi) is 7.27. The Labute approximate surface area is 188 Å². The van der Waals surface area contributed by atoms with E-state index in [1.54, 1.807) is 6.33 Å². The van der Waals surface area contributed by atoms with E-state index >= 15 is 0 Å². The van der Waals surface area contributed by atoms with Gasteiger partial charge in [0.15, 0.2) is 5.16 Å². The molecule has 7 nitrogen and oxygen atoms in total. The molecule has 0 unspecified atom stereocenters. The second kappa shape index (κ2) is 10.3. The molecule has 2 heterocycles. The summed E-state index contributed by atoms with van der Waals surface area (Å²) in [6.07, 6.45) is 9.24. The second-order valence-corrected chi connectivity index (χ2v) is 9.57. The Balaban J connectivity index is 1.30. The number of carbonyl (C=O) groups is 2. The van der Waals surface area contributed by atoms with Crippen molar-refractivity contribution in [3.63, 3.8) is 0 Å². The summed E-state index contributed by atoms with van der Waals surface area (Å²) in [5.41, 5.74) is 2.16. The van der Waals surface area contributed by atoms with Crippen LogP contribution in [0, 0.1) is 12.8 Å². The van der Waals surface area contributed by atoms with Crippen LogP contribution in [0.15, 0.2) is 35.7 Å². The zero-order valence-corrected chi connectivity index (χ0v) is 18.9. The number of nitrogens with zero attached hydrogens (tertiary/aromatic N) is 4. The molecule has 166 valence electrons. The van der Waals surface area contributed by atoms with Crippen molar-refractivity contribution in [2.75, 3.05) is 18.8 Å². The van der Waals surface area contributed by atoms with Crippen LogP contribution in [0.3, 0.4) is 0 Å². The predicted molar refractivity (Wildman–Crippen MR) is 121 cm³/mol. The molecule has 2 aliphatic rings. The van der Waals surface area contributed by atoms with Crippen LogP contribution in [0.4, 0.5) is 0 Å². The van der Waals surface area contributed by atoms with Gasteiger partial charge >= 0.3 is 0 Å². The fraction of sp³-hybridized carbons (Fsp3) is 0.565. The number of thioether (sulfide) groups is 1. The molecule has 1 aromatic heterocycles. The van der Waals surface area contributed by atoms with E-state index < -0.39 is 0 Å². The quantitative estimate of drug-likeness (QED) is 0.696. The maximum Gasteiger partial charge on any atom is 0.233 e. The summed E-state index contributed by atoms with van der Waals surface area (Å²) in [5.74, 6) is 0.372. The maximum absolute atomic E-state index is 12.9. The van der Waals surface area contributed by atoms with Gasteiger partial charge in [-0.15, -0.1) is 10.2 Å². The molecule has 0 spiro atoms. The van der Waals surface area contributed by atoms with Gasteiger partial charge in [0.05, 0.1) is 11.7 Å². The van der Waals surface area contributed by atoms with E-state index in [1.165, 1.54) is 36.6 Å². The van der Waals surface area contributed by atoms with Gasteiger partial charge in [0.2, 0.25) is 11.8 Å². The predicted octanol–water partition coefficient (Wildman–Crippen LogP) is 3.36. The van der Waals surface area contributed by atoms with E-state index in [-0.39, 0.29) is 17.7 Å². The van der Waals surface area contributed by atoms with Crippen molar-refractivity contribution in [1.29, 1.82) is 0 Å². The number of hydrogen-bond donors (Lipinski definition) is 1. The summed E-state index contributed by atoms with van der Waals surface area (Å²) < 4.78 is 1.90. The van der Waals surface area contributed by atoms with Crippen molar-refractivity contribution < 1.29 is 9.59 Å². The molecule has 0 radical (unpaired) electrons. The number of carbonyl (C=O) groups excluding carboxylic acids is 2. The van der Waals surface area contributed by atoms with E-state index in [0.717, 1.165) is 37.9 Å². The van der Waals surface area contributed by atoms with Gasteiger partial charge in [-0.3, -0.25) is 14.2 Å². The fourth-order valence-electron chi connectivity index (χ4n) is 4.41. The van der Waals surface area contributed by atoms with Gasteiger partial charge in [-0.2, -0.15) is 0 Å². The van der Waals surface area contributed by atoms with Crippen LogP contribution < -0.4 is 5.32 Å². The fourth-order valence-corrected chi connectivity index (χ4v) is 5.24. The highest BCUT2D eigenvalue weighted by Crippen LogP contribution is 2.23. The Morgan fingerprint density at radius 1 is 1.10 bits per heavy atom. The molecule has 2 amide bonds. The van der Waals surface area contributed by atoms with Gasteiger partial charge in [-0.05, 0) is 44.7 Å². The molecule has 1 saturated heterocycles. The molecule has 1 aliphatic heterocycles. The standard InChI is InChI=1S/C23H31N5O2S/c1-17-9-11-20(12-10-17)28-16-24-26-23(28)31-15-21(29)27-13-5-6-18(14-27)22(30)25-19-7-3-2-4-8-19/h9-12,16,18-19H,2-8,13-15H2,1H3,(H,25,30)/t18-/m0/s1. The van der Waals surface area contributed by atoms with Gasteiger partial charge < -0.3 is 10.2 Å². The number of aromatic nitrogens is 3. The van der Waals surface area contributed by atoms with Crippen molar-refractivity contribution in [1.82, 2.24) is 25.0 Å². The molecular weight excluding hydrogens is 410 g/mol. The first-order valence-electron chi connectivity index (χ1n) is 11.3. The molecule has 0 bridgehead atoms. The summed E-state index contributed by atoms with van der Waals surface area (Å²) in [4.78, 5) is 27.4. The summed E-state index contributed by atoms with van der Waals surface area (Å²) >= 11 is 1.39. The lowest BCUT2D eigenvalue weighted by Gasteiger charge is -2.33. The van der Waals surface area contributed by atoms with Crippen LogP contribution >= 0.6 is 11.8 Å². The van der Waals surface area contributed by atoms with E-state index in [2.05, 4.69) is 15.5 Å². The minimum atomic E-state index is -0.0964. The smallest absolute Gasteiger partial charge is 0.233 e. The van der Waals surface area contributed by atoms with Gasteiger partial charge in [0.25, 0.3) is 0 Å². The van der Waals surface area contributed by atoms with E-state index in [4.69, 9.17) is 0 Å². The van der Waals surface area contributed by atoms with Crippen molar-refractivity contribution in [2.24, 2.45) is 5.92 Å². The number of nitrogens with one attached hydrogen (secondary N) is 1. The van der Waals surface area contributed by atoms with Gasteiger partial charge in [-0.1, -0.05) is 48.7 Å². The van der Waals surface area contributed by atoms with Crippen molar-refractivity contribution in [2.45, 2.75) is 63.1 Å². The van der Waals surface area contributed by atoms with Crippen molar-refractivity contribution >= 4 is 23.6 Å². The van der Waals surface area contributed by atoms with Crippen LogP contribution in [-0.4, -0.2) is 56.4 Å². The molecule has 1 N–H and O–H groups in total. The minimum Gasteiger partial charge on any atom is -0.353 e. The number of benzene rings is 1. The summed E-state index contributed by atoms with van der Waals surface area (Å²) in [6, 6.07) is 8.44. The largest absolute Gasteiger partial charge is 0.353 e. The molecule has 8 heteroatoms. The summed E-state index contributed by atoms with van der Waals surface area (Å²) in [7, 11) is 0. The highest BCUT2D eigenvalue weighted by atomic mass is 32.2. The number of piperidine rings is 1. The normalized spacial score (nSPS) is 19.9. The number of rotatable bonds is 6. The molecule has 1 aromatic carbocycles. The first-order chi connectivity index (χ1) is 15.1. The maximum atomic E-state index is 12.9. The second-order valence-electron chi connectivity index (χ2n) is 8.63. The average molecular weight is 442 g/mol. The number of likely N-dealkylation sites (tertiary alicyclic amines) is 1. The number of hydrogen-bond acceptors (Lipinski definition) is 5. The topological polar surface area (TPSA) is 80.1 Å². The van der Waals surface area contributed by atoms with Gasteiger partial charge in [0.1, 0.15) is 6.33 Å². The lowest BCUT2D eigenvalue weighted by atomic mass is 9.93. The van der Waals surface area contributed by atoms with Gasteiger partial charge in [-0.25, -0.2) is 0 Å². The summed E-state index contributed by atoms with van der Waals surface area (Å²) in [6.45, 7) is 3.28. The molecule has 2 aromatic rings. The Bertz CT molecular complexity index is 892. The Hall–Kier alpha value is -2.35. The molecule has 1 saturated carbocycles. The highest BCUT2D eigenvalue weighted by Gasteiger charge is 2.30. The van der Waals surface area contributed by atoms with Crippen LogP contribution in [0.1, 0.15) is 50.5 Å². The molecule has 2 fully saturated rings. The van der Waals surface area contributed by atoms with Crippen molar-refractivity contribution in [3.8, 4) is 5.69 Å². The Morgan fingerprint density at radius 3 is 2.65 bits per heavy atom. The van der Waals surface area contributed by atoms with E-state index in [1.807, 2.05) is 40.7 Å². The third-order valence-electron chi connectivity index (χ3n) is 6.25. The number of aryl methyl sites for hydroxylation is 1. The zero-order chi connectivity index (χ0) is 21.6. The Morgan fingerprint density at radius 2 is 1.87 bits per heavy atom. The van der Waals surface area contributed by atoms with Crippen molar-refractivity contribution in [3.05, 3.63) is 36.2 Å². The lowest BCUT2D eigenvalue weighted by molar-refractivity contribution is -0.134. The molecular formula is C23H31N5O2S. The first-order valence-corrected chi connectivity index (χ1v) is 12.3. The SMILES string of the molecule is Cc1ccc(-n2cnnc2SCC(=O)N2CCC[C@H](C(=O)NC3CCCCC3)C2)cc1. The van der Waals surface area contributed by atoms with Crippen LogP contribution in [0.25, 0.3) is 5.69 Å². The lowest BCUT2D eigenvalue weighted by Crippen LogP contribution is -2.48. The highest BCUT2D eigenvalue weighted by molar-refractivity contribution is 7.99. The zero-order valence-electron chi connectivity index (χ0n) is 18.1. The average Bonchev–Trinajstić information content (AvgIpc) is 3.27. The van der Waals surface area contributed by atoms with Gasteiger partial charge in [0, 0.05) is 24.8 Å². The van der Waals surface area contributed by atoms with E-state index in [0.29, 0.717) is 23.5 Å². The summed E-state index contributed by atoms with van der Waals surface area (Å²) in [5, 5.41) is 12.1. The monoisotopic (exact) mass is 441 g/mol.